The second kappa shape index (κ2) is 8.85. The Morgan fingerprint density at radius 1 is 1.37 bits per heavy atom. The van der Waals surface area contributed by atoms with Gasteiger partial charge in [-0.25, -0.2) is 0 Å². The van der Waals surface area contributed by atoms with Crippen molar-refractivity contribution in [3.8, 4) is 0 Å². The summed E-state index contributed by atoms with van der Waals surface area (Å²) in [5, 5.41) is 2.77. The molecule has 6 heteroatoms. The van der Waals surface area contributed by atoms with Crippen LogP contribution in [-0.2, 0) is 9.59 Å². The number of rotatable bonds is 8. The van der Waals surface area contributed by atoms with Crippen LogP contribution in [0.1, 0.15) is 33.6 Å². The number of amides is 2. The van der Waals surface area contributed by atoms with E-state index in [9.17, 15) is 9.59 Å². The Bertz CT molecular complexity index is 332. The minimum Gasteiger partial charge on any atom is -0.393 e. The molecule has 0 saturated carbocycles. The van der Waals surface area contributed by atoms with Crippen LogP contribution in [0, 0.1) is 11.8 Å². The second-order valence-electron chi connectivity index (χ2n) is 5.14. The maximum Gasteiger partial charge on any atom is 0.239 e. The molecule has 3 N–H and O–H groups in total. The fourth-order valence-corrected chi connectivity index (χ4v) is 1.83. The minimum atomic E-state index is -0.470. The molecule has 0 aromatic heterocycles. The van der Waals surface area contributed by atoms with Crippen molar-refractivity contribution in [2.45, 2.75) is 33.6 Å². The maximum atomic E-state index is 12.1. The number of hydrogen-bond donors (Lipinski definition) is 2. The Hall–Kier alpha value is -1.17. The van der Waals surface area contributed by atoms with Crippen LogP contribution < -0.4 is 11.1 Å². The lowest BCUT2D eigenvalue weighted by molar-refractivity contribution is -0.136. The summed E-state index contributed by atoms with van der Waals surface area (Å²) in [7, 11) is 1.60. The van der Waals surface area contributed by atoms with Crippen LogP contribution in [0.25, 0.3) is 0 Å². The Morgan fingerprint density at radius 2 is 1.95 bits per heavy atom. The summed E-state index contributed by atoms with van der Waals surface area (Å²) in [4.78, 5) is 25.3. The molecule has 0 heterocycles. The van der Waals surface area contributed by atoms with Crippen molar-refractivity contribution in [1.29, 1.82) is 0 Å². The molecular weight excluding hydrogens is 262 g/mol. The monoisotopic (exact) mass is 287 g/mol. The molecule has 1 atom stereocenters. The van der Waals surface area contributed by atoms with E-state index in [1.807, 2.05) is 20.8 Å². The summed E-state index contributed by atoms with van der Waals surface area (Å²) in [6.07, 6.45) is 1.44. The molecule has 0 aromatic rings. The molecular formula is C13H25N3O2S. The smallest absolute Gasteiger partial charge is 0.239 e. The van der Waals surface area contributed by atoms with Gasteiger partial charge in [-0.05, 0) is 12.3 Å². The number of carbonyl (C=O) groups excluding carboxylic acids is 2. The zero-order valence-corrected chi connectivity index (χ0v) is 13.0. The molecule has 5 nitrogen and oxygen atoms in total. The average molecular weight is 287 g/mol. The highest BCUT2D eigenvalue weighted by atomic mass is 32.1. The number of thiocarbonyl (C=S) groups is 1. The summed E-state index contributed by atoms with van der Waals surface area (Å²) in [6, 6.07) is 0. The third kappa shape index (κ3) is 7.10. The van der Waals surface area contributed by atoms with Gasteiger partial charge in [0.1, 0.15) is 0 Å². The van der Waals surface area contributed by atoms with E-state index >= 15 is 0 Å². The third-order valence-electron chi connectivity index (χ3n) is 2.68. The van der Waals surface area contributed by atoms with Gasteiger partial charge in [0, 0.05) is 13.6 Å². The summed E-state index contributed by atoms with van der Waals surface area (Å²) < 4.78 is 0. The normalized spacial score (nSPS) is 12.1. The predicted molar refractivity (Wildman–Crippen MR) is 80.7 cm³/mol. The van der Waals surface area contributed by atoms with E-state index in [-0.39, 0.29) is 23.3 Å². The van der Waals surface area contributed by atoms with Crippen LogP contribution in [0.3, 0.4) is 0 Å². The van der Waals surface area contributed by atoms with Gasteiger partial charge in [0.25, 0.3) is 0 Å². The average Bonchev–Trinajstić information content (AvgIpc) is 2.32. The van der Waals surface area contributed by atoms with Crippen LogP contribution in [0.5, 0.6) is 0 Å². The summed E-state index contributed by atoms with van der Waals surface area (Å²) in [5.41, 5.74) is 5.57. The fraction of sp³-hybridized carbons (Fsp3) is 0.769. The molecule has 0 rings (SSSR count). The zero-order valence-electron chi connectivity index (χ0n) is 12.2. The highest BCUT2D eigenvalue weighted by Crippen LogP contribution is 2.10. The van der Waals surface area contributed by atoms with Crippen molar-refractivity contribution < 1.29 is 9.59 Å². The Morgan fingerprint density at radius 3 is 2.37 bits per heavy atom. The van der Waals surface area contributed by atoms with Gasteiger partial charge in [-0.2, -0.15) is 0 Å². The van der Waals surface area contributed by atoms with Gasteiger partial charge in [0.2, 0.25) is 11.8 Å². The van der Waals surface area contributed by atoms with Crippen molar-refractivity contribution in [3.63, 3.8) is 0 Å². The molecule has 0 saturated heterocycles. The van der Waals surface area contributed by atoms with Crippen LogP contribution in [-0.4, -0.2) is 41.8 Å². The third-order valence-corrected chi connectivity index (χ3v) is 2.97. The van der Waals surface area contributed by atoms with Crippen molar-refractivity contribution in [2.75, 3.05) is 20.1 Å². The minimum absolute atomic E-state index is 0.0361. The first-order valence-electron chi connectivity index (χ1n) is 6.60. The van der Waals surface area contributed by atoms with E-state index in [2.05, 4.69) is 5.32 Å². The highest BCUT2D eigenvalue weighted by Gasteiger charge is 2.24. The van der Waals surface area contributed by atoms with E-state index in [0.29, 0.717) is 18.9 Å². The van der Waals surface area contributed by atoms with Crippen molar-refractivity contribution in [3.05, 3.63) is 0 Å². The number of nitrogens with one attached hydrogen (secondary N) is 1. The molecule has 19 heavy (non-hydrogen) atoms. The van der Waals surface area contributed by atoms with Crippen LogP contribution in [0.15, 0.2) is 0 Å². The van der Waals surface area contributed by atoms with Crippen molar-refractivity contribution >= 4 is 29.0 Å². The number of nitrogens with zero attached hydrogens (tertiary/aromatic N) is 1. The molecule has 0 aliphatic rings. The molecule has 1 unspecified atom stereocenters. The quantitative estimate of drug-likeness (QED) is 0.651. The summed E-state index contributed by atoms with van der Waals surface area (Å²) in [6.45, 7) is 6.63. The number of nitrogens with two attached hydrogens (primary N) is 1. The topological polar surface area (TPSA) is 75.4 Å². The van der Waals surface area contributed by atoms with Gasteiger partial charge < -0.3 is 16.0 Å². The fourth-order valence-electron chi connectivity index (χ4n) is 1.61. The SMILES string of the molecule is CCCC(C(=O)N(C)CC(=O)NCC(C)C)C(N)=S. The Kier molecular flexibility index (Phi) is 8.30. The van der Waals surface area contributed by atoms with E-state index in [1.54, 1.807) is 7.05 Å². The number of carbonyl (C=O) groups is 2. The molecule has 2 amide bonds. The van der Waals surface area contributed by atoms with Crippen molar-refractivity contribution in [1.82, 2.24) is 10.2 Å². The van der Waals surface area contributed by atoms with Gasteiger partial charge in [-0.1, -0.05) is 39.4 Å². The maximum absolute atomic E-state index is 12.1. The molecule has 0 spiro atoms. The summed E-state index contributed by atoms with van der Waals surface area (Å²) >= 11 is 4.91. The van der Waals surface area contributed by atoms with E-state index in [1.165, 1.54) is 4.90 Å². The highest BCUT2D eigenvalue weighted by molar-refractivity contribution is 7.80. The van der Waals surface area contributed by atoms with Crippen molar-refractivity contribution in [2.24, 2.45) is 17.6 Å². The molecule has 0 fully saturated rings. The first kappa shape index (κ1) is 17.8. The Balaban J connectivity index is 4.38. The number of hydrogen-bond acceptors (Lipinski definition) is 3. The van der Waals surface area contributed by atoms with Crippen LogP contribution in [0.2, 0.25) is 0 Å². The molecule has 0 aromatic carbocycles. The Labute approximate surface area is 120 Å². The molecule has 110 valence electrons. The lowest BCUT2D eigenvalue weighted by Gasteiger charge is -2.22. The van der Waals surface area contributed by atoms with E-state index < -0.39 is 5.92 Å². The largest absolute Gasteiger partial charge is 0.393 e. The van der Waals surface area contributed by atoms with Gasteiger partial charge in [0.15, 0.2) is 0 Å². The molecule has 0 aliphatic carbocycles. The van der Waals surface area contributed by atoms with E-state index in [4.69, 9.17) is 18.0 Å². The lowest BCUT2D eigenvalue weighted by atomic mass is 10.0. The van der Waals surface area contributed by atoms with Crippen LogP contribution in [0.4, 0.5) is 0 Å². The zero-order chi connectivity index (χ0) is 15.0. The van der Waals surface area contributed by atoms with Gasteiger partial charge in [0.05, 0.1) is 17.5 Å². The molecule has 0 radical (unpaired) electrons. The number of likely N-dealkylation sites (N-methyl/N-ethyl adjacent to an activating group) is 1. The molecule has 0 aliphatic heterocycles. The first-order valence-corrected chi connectivity index (χ1v) is 7.01. The van der Waals surface area contributed by atoms with Gasteiger partial charge in [-0.3, -0.25) is 9.59 Å². The predicted octanol–water partition coefficient (Wildman–Crippen LogP) is 0.919. The van der Waals surface area contributed by atoms with Gasteiger partial charge in [-0.15, -0.1) is 0 Å². The van der Waals surface area contributed by atoms with Crippen LogP contribution >= 0.6 is 12.2 Å². The second-order valence-corrected chi connectivity index (χ2v) is 5.61. The first-order chi connectivity index (χ1) is 8.79. The lowest BCUT2D eigenvalue weighted by Crippen LogP contribution is -2.44. The van der Waals surface area contributed by atoms with E-state index in [0.717, 1.165) is 6.42 Å². The summed E-state index contributed by atoms with van der Waals surface area (Å²) in [5.74, 6) is -0.436. The van der Waals surface area contributed by atoms with Gasteiger partial charge >= 0.3 is 0 Å². The standard InChI is InChI=1S/C13H25N3O2S/c1-5-6-10(12(14)19)13(18)16(4)8-11(17)15-7-9(2)3/h9-10H,5-8H2,1-4H3,(H2,14,19)(H,15,17). The molecule has 0 bridgehead atoms.